The number of rotatable bonds is 6. The van der Waals surface area contributed by atoms with Crippen LogP contribution >= 0.6 is 23.2 Å². The standard InChI is InChI=1S/C14H21Cl2N/c1-4-8-17-14(5-2)10(3)12-9-11(15)6-7-13(12)16/h6-7,9-10,14,17H,4-5,8H2,1-3H3. The number of hydrogen-bond donors (Lipinski definition) is 1. The zero-order chi connectivity index (χ0) is 12.8. The van der Waals surface area contributed by atoms with Crippen molar-refractivity contribution < 1.29 is 0 Å². The average Bonchev–Trinajstić information content (AvgIpc) is 2.33. The van der Waals surface area contributed by atoms with Crippen molar-refractivity contribution in [3.8, 4) is 0 Å². The molecular formula is C14H21Cl2N. The van der Waals surface area contributed by atoms with Gasteiger partial charge in [0.15, 0.2) is 0 Å². The van der Waals surface area contributed by atoms with E-state index in [9.17, 15) is 0 Å². The Morgan fingerprint density at radius 3 is 2.53 bits per heavy atom. The van der Waals surface area contributed by atoms with Gasteiger partial charge in [-0.2, -0.15) is 0 Å². The van der Waals surface area contributed by atoms with Gasteiger partial charge in [-0.15, -0.1) is 0 Å². The summed E-state index contributed by atoms with van der Waals surface area (Å²) in [5.74, 6) is 0.373. The van der Waals surface area contributed by atoms with E-state index in [1.807, 2.05) is 18.2 Å². The van der Waals surface area contributed by atoms with Gasteiger partial charge >= 0.3 is 0 Å². The monoisotopic (exact) mass is 273 g/mol. The molecule has 0 aliphatic carbocycles. The number of nitrogens with one attached hydrogen (secondary N) is 1. The van der Waals surface area contributed by atoms with E-state index in [1.165, 1.54) is 0 Å². The molecule has 0 spiro atoms. The zero-order valence-corrected chi connectivity index (χ0v) is 12.3. The molecule has 0 fully saturated rings. The van der Waals surface area contributed by atoms with Crippen LogP contribution in [0.2, 0.25) is 10.0 Å². The molecule has 0 aliphatic heterocycles. The molecule has 1 aromatic rings. The van der Waals surface area contributed by atoms with Crippen molar-refractivity contribution in [1.82, 2.24) is 5.32 Å². The van der Waals surface area contributed by atoms with Crippen LogP contribution in [0.3, 0.4) is 0 Å². The van der Waals surface area contributed by atoms with E-state index in [2.05, 4.69) is 26.1 Å². The lowest BCUT2D eigenvalue weighted by atomic mass is 9.91. The first-order valence-electron chi connectivity index (χ1n) is 6.28. The van der Waals surface area contributed by atoms with Crippen LogP contribution in [0.4, 0.5) is 0 Å². The van der Waals surface area contributed by atoms with Crippen LogP contribution in [0.15, 0.2) is 18.2 Å². The Morgan fingerprint density at radius 2 is 1.94 bits per heavy atom. The summed E-state index contributed by atoms with van der Waals surface area (Å²) in [7, 11) is 0. The van der Waals surface area contributed by atoms with Crippen LogP contribution in [0.5, 0.6) is 0 Å². The van der Waals surface area contributed by atoms with E-state index < -0.39 is 0 Å². The molecule has 0 aliphatic rings. The molecule has 2 atom stereocenters. The lowest BCUT2D eigenvalue weighted by molar-refractivity contribution is 0.438. The second-order valence-corrected chi connectivity index (χ2v) is 5.27. The molecule has 1 aromatic carbocycles. The maximum atomic E-state index is 6.24. The number of hydrogen-bond acceptors (Lipinski definition) is 1. The summed E-state index contributed by atoms with van der Waals surface area (Å²) in [5.41, 5.74) is 1.13. The molecule has 0 aromatic heterocycles. The van der Waals surface area contributed by atoms with E-state index in [4.69, 9.17) is 23.2 Å². The molecule has 0 bridgehead atoms. The third-order valence-electron chi connectivity index (χ3n) is 3.15. The lowest BCUT2D eigenvalue weighted by Crippen LogP contribution is -2.33. The Hall–Kier alpha value is -0.240. The minimum atomic E-state index is 0.373. The van der Waals surface area contributed by atoms with E-state index in [1.54, 1.807) is 0 Å². The molecule has 1 rings (SSSR count). The van der Waals surface area contributed by atoms with Gasteiger partial charge in [0.2, 0.25) is 0 Å². The Bertz CT molecular complexity index is 352. The Kier molecular flexibility index (Phi) is 6.32. The van der Waals surface area contributed by atoms with Gasteiger partial charge in [0, 0.05) is 16.1 Å². The fraction of sp³-hybridized carbons (Fsp3) is 0.571. The summed E-state index contributed by atoms with van der Waals surface area (Å²) >= 11 is 12.3. The summed E-state index contributed by atoms with van der Waals surface area (Å²) < 4.78 is 0. The van der Waals surface area contributed by atoms with Crippen LogP contribution in [-0.2, 0) is 0 Å². The van der Waals surface area contributed by atoms with Crippen molar-refractivity contribution in [3.05, 3.63) is 33.8 Å². The van der Waals surface area contributed by atoms with Gasteiger partial charge in [-0.25, -0.2) is 0 Å². The van der Waals surface area contributed by atoms with Crippen molar-refractivity contribution in [2.24, 2.45) is 0 Å². The van der Waals surface area contributed by atoms with Crippen LogP contribution in [0.1, 0.15) is 45.1 Å². The molecule has 96 valence electrons. The van der Waals surface area contributed by atoms with Crippen molar-refractivity contribution in [1.29, 1.82) is 0 Å². The maximum Gasteiger partial charge on any atom is 0.0442 e. The largest absolute Gasteiger partial charge is 0.313 e. The minimum Gasteiger partial charge on any atom is -0.313 e. The molecule has 0 heterocycles. The Labute approximate surface area is 115 Å². The predicted octanol–water partition coefficient (Wildman–Crippen LogP) is 4.88. The molecule has 1 nitrogen and oxygen atoms in total. The molecule has 1 N–H and O–H groups in total. The third-order valence-corrected chi connectivity index (χ3v) is 3.73. The van der Waals surface area contributed by atoms with Gasteiger partial charge in [-0.05, 0) is 49.1 Å². The zero-order valence-electron chi connectivity index (χ0n) is 10.8. The first-order valence-corrected chi connectivity index (χ1v) is 7.04. The Balaban J connectivity index is 2.85. The fourth-order valence-corrected chi connectivity index (χ4v) is 2.55. The Morgan fingerprint density at radius 1 is 1.24 bits per heavy atom. The van der Waals surface area contributed by atoms with Gasteiger partial charge in [-0.3, -0.25) is 0 Å². The molecule has 0 saturated carbocycles. The van der Waals surface area contributed by atoms with Gasteiger partial charge < -0.3 is 5.32 Å². The first kappa shape index (κ1) is 14.8. The van der Waals surface area contributed by atoms with Crippen molar-refractivity contribution in [3.63, 3.8) is 0 Å². The number of benzene rings is 1. The molecule has 17 heavy (non-hydrogen) atoms. The average molecular weight is 274 g/mol. The van der Waals surface area contributed by atoms with Gasteiger partial charge in [0.1, 0.15) is 0 Å². The summed E-state index contributed by atoms with van der Waals surface area (Å²) in [5, 5.41) is 5.12. The molecule has 2 unspecified atom stereocenters. The van der Waals surface area contributed by atoms with E-state index in [0.717, 1.165) is 35.0 Å². The van der Waals surface area contributed by atoms with Gasteiger partial charge in [0.25, 0.3) is 0 Å². The predicted molar refractivity (Wildman–Crippen MR) is 77.2 cm³/mol. The molecular weight excluding hydrogens is 253 g/mol. The quantitative estimate of drug-likeness (QED) is 0.780. The van der Waals surface area contributed by atoms with E-state index in [0.29, 0.717) is 12.0 Å². The van der Waals surface area contributed by atoms with Crippen LogP contribution in [-0.4, -0.2) is 12.6 Å². The van der Waals surface area contributed by atoms with Gasteiger partial charge in [-0.1, -0.05) is 44.0 Å². The van der Waals surface area contributed by atoms with Crippen molar-refractivity contribution in [2.75, 3.05) is 6.54 Å². The summed E-state index contributed by atoms with van der Waals surface area (Å²) in [6, 6.07) is 6.14. The molecule has 3 heteroatoms. The summed E-state index contributed by atoms with van der Waals surface area (Å²) in [6.45, 7) is 7.62. The highest BCUT2D eigenvalue weighted by Gasteiger charge is 2.19. The smallest absolute Gasteiger partial charge is 0.0442 e. The minimum absolute atomic E-state index is 0.373. The van der Waals surface area contributed by atoms with Crippen molar-refractivity contribution >= 4 is 23.2 Å². The van der Waals surface area contributed by atoms with Crippen LogP contribution in [0.25, 0.3) is 0 Å². The maximum absolute atomic E-state index is 6.24. The molecule has 0 amide bonds. The highest BCUT2D eigenvalue weighted by molar-refractivity contribution is 6.33. The second kappa shape index (κ2) is 7.25. The van der Waals surface area contributed by atoms with Crippen LogP contribution in [0, 0.1) is 0 Å². The summed E-state index contributed by atoms with van der Waals surface area (Å²) in [4.78, 5) is 0. The van der Waals surface area contributed by atoms with E-state index in [-0.39, 0.29) is 0 Å². The fourth-order valence-electron chi connectivity index (χ4n) is 2.08. The summed E-state index contributed by atoms with van der Waals surface area (Å²) in [6.07, 6.45) is 2.23. The molecule has 0 radical (unpaired) electrons. The van der Waals surface area contributed by atoms with Gasteiger partial charge in [0.05, 0.1) is 0 Å². The lowest BCUT2D eigenvalue weighted by Gasteiger charge is -2.25. The topological polar surface area (TPSA) is 12.0 Å². The molecule has 0 saturated heterocycles. The highest BCUT2D eigenvalue weighted by Crippen LogP contribution is 2.30. The van der Waals surface area contributed by atoms with Crippen molar-refractivity contribution in [2.45, 2.75) is 45.6 Å². The van der Waals surface area contributed by atoms with E-state index >= 15 is 0 Å². The first-order chi connectivity index (χ1) is 8.10. The normalized spacial score (nSPS) is 14.6. The highest BCUT2D eigenvalue weighted by atomic mass is 35.5. The SMILES string of the molecule is CCCNC(CC)C(C)c1cc(Cl)ccc1Cl. The number of halogens is 2. The third kappa shape index (κ3) is 4.17. The van der Waals surface area contributed by atoms with Crippen LogP contribution < -0.4 is 5.32 Å². The second-order valence-electron chi connectivity index (χ2n) is 4.42.